The van der Waals surface area contributed by atoms with Crippen LogP contribution in [0.25, 0.3) is 10.9 Å². The van der Waals surface area contributed by atoms with Crippen LogP contribution in [0.3, 0.4) is 0 Å². The highest BCUT2D eigenvalue weighted by Gasteiger charge is 2.68. The van der Waals surface area contributed by atoms with E-state index in [0.717, 1.165) is 10.8 Å². The predicted octanol–water partition coefficient (Wildman–Crippen LogP) is 8.18. The monoisotopic (exact) mass is 617 g/mol. The number of halogens is 4. The Hall–Kier alpha value is -3.47. The Labute approximate surface area is 249 Å². The molecular formula is C31H27ClF3NO5S. The fourth-order valence-electron chi connectivity index (χ4n) is 5.29. The Balaban J connectivity index is 1.84. The lowest BCUT2D eigenvalue weighted by atomic mass is 9.74. The molecule has 0 bridgehead atoms. The summed E-state index contributed by atoms with van der Waals surface area (Å²) < 4.78 is 56.1. The van der Waals surface area contributed by atoms with E-state index >= 15 is 13.2 Å². The standard InChI is InChI=1S/C31H27ClF3NO5S/c1-29(2,3)41-28(39)36-16-22(21-15-18(32)11-14-23(21)36)30(31(33,34)35)25(26(37)17-9-12-19(40-4)13-10-17)27(38)20-7-5-6-8-24(20)42-30/h5-16,25,27,38H,1-4H3/t25-,27+,30-/m1/s1. The van der Waals surface area contributed by atoms with Gasteiger partial charge in [0, 0.05) is 32.6 Å². The van der Waals surface area contributed by atoms with Gasteiger partial charge in [0.25, 0.3) is 0 Å². The quantitative estimate of drug-likeness (QED) is 0.233. The number of aliphatic hydroxyl groups excluding tert-OH is 1. The van der Waals surface area contributed by atoms with Crippen LogP contribution in [-0.2, 0) is 9.48 Å². The fraction of sp³-hybridized carbons (Fsp3) is 0.290. The number of fused-ring (bicyclic) bond motifs is 2. The second-order valence-electron chi connectivity index (χ2n) is 10.9. The number of nitrogens with zero attached hydrogens (tertiary/aromatic N) is 1. The van der Waals surface area contributed by atoms with Gasteiger partial charge in [0.1, 0.15) is 11.4 Å². The summed E-state index contributed by atoms with van der Waals surface area (Å²) in [6.07, 6.45) is -6.80. The van der Waals surface area contributed by atoms with Crippen LogP contribution in [0.4, 0.5) is 18.0 Å². The predicted molar refractivity (Wildman–Crippen MR) is 154 cm³/mol. The number of Topliss-reactive ketones (excluding diaryl/α,β-unsaturated/α-hetero) is 1. The number of benzene rings is 3. The third-order valence-electron chi connectivity index (χ3n) is 7.10. The lowest BCUT2D eigenvalue weighted by Gasteiger charge is -2.46. The summed E-state index contributed by atoms with van der Waals surface area (Å²) in [5.74, 6) is -2.56. The Morgan fingerprint density at radius 3 is 2.31 bits per heavy atom. The number of methoxy groups -OCH3 is 1. The topological polar surface area (TPSA) is 77.8 Å². The molecule has 4 aromatic rings. The highest BCUT2D eigenvalue weighted by molar-refractivity contribution is 8.00. The number of hydrogen-bond acceptors (Lipinski definition) is 6. The molecule has 0 saturated heterocycles. The van der Waals surface area contributed by atoms with Crippen molar-refractivity contribution >= 4 is 46.1 Å². The van der Waals surface area contributed by atoms with Crippen molar-refractivity contribution in [1.29, 1.82) is 0 Å². The number of rotatable bonds is 4. The van der Waals surface area contributed by atoms with Gasteiger partial charge in [0.05, 0.1) is 24.6 Å². The van der Waals surface area contributed by atoms with Crippen LogP contribution >= 0.6 is 23.4 Å². The van der Waals surface area contributed by atoms with Crippen LogP contribution < -0.4 is 4.74 Å². The number of aromatic nitrogens is 1. The molecule has 3 atom stereocenters. The van der Waals surface area contributed by atoms with Crippen molar-refractivity contribution in [3.63, 3.8) is 0 Å². The highest BCUT2D eigenvalue weighted by Crippen LogP contribution is 2.65. The summed E-state index contributed by atoms with van der Waals surface area (Å²) in [5.41, 5.74) is -1.07. The molecule has 0 fully saturated rings. The van der Waals surface area contributed by atoms with Gasteiger partial charge in [-0.2, -0.15) is 13.2 Å². The fourth-order valence-corrected chi connectivity index (χ4v) is 7.01. The molecule has 0 radical (unpaired) electrons. The molecule has 1 aromatic heterocycles. The number of alkyl halides is 3. The molecule has 0 aliphatic carbocycles. The van der Waals surface area contributed by atoms with Crippen molar-refractivity contribution in [2.45, 2.75) is 48.3 Å². The molecule has 11 heteroatoms. The first kappa shape index (κ1) is 30.0. The maximum Gasteiger partial charge on any atom is 0.419 e. The molecular weight excluding hydrogens is 591 g/mol. The SMILES string of the molecule is COc1ccc(C(=O)[C@@H]2[C@@H](O)c3ccccc3S[C@@]2(c2cn(C(=O)OC(C)(C)C)c3ccc(Cl)cc23)C(F)(F)F)cc1. The number of ketones is 1. The van der Waals surface area contributed by atoms with Gasteiger partial charge in [-0.1, -0.05) is 29.8 Å². The summed E-state index contributed by atoms with van der Waals surface area (Å²) in [4.78, 5) is 27.6. The number of ether oxygens (including phenoxy) is 2. The van der Waals surface area contributed by atoms with Gasteiger partial charge in [-0.15, -0.1) is 11.8 Å². The van der Waals surface area contributed by atoms with Crippen LogP contribution in [0.2, 0.25) is 5.02 Å². The minimum absolute atomic E-state index is 0.00250. The van der Waals surface area contributed by atoms with Crippen LogP contribution in [-0.4, -0.2) is 40.4 Å². The smallest absolute Gasteiger partial charge is 0.419 e. The molecule has 1 N–H and O–H groups in total. The minimum Gasteiger partial charge on any atom is -0.497 e. The van der Waals surface area contributed by atoms with Crippen LogP contribution in [0.5, 0.6) is 5.75 Å². The Morgan fingerprint density at radius 2 is 1.69 bits per heavy atom. The van der Waals surface area contributed by atoms with Crippen molar-refractivity contribution in [3.05, 3.63) is 94.6 Å². The van der Waals surface area contributed by atoms with Gasteiger partial charge >= 0.3 is 12.3 Å². The first-order valence-corrected chi connectivity index (χ1v) is 14.1. The van der Waals surface area contributed by atoms with E-state index in [0.29, 0.717) is 17.5 Å². The summed E-state index contributed by atoms with van der Waals surface area (Å²) in [7, 11) is 1.43. The van der Waals surface area contributed by atoms with E-state index in [1.807, 2.05) is 0 Å². The van der Waals surface area contributed by atoms with E-state index < -0.39 is 46.0 Å². The Bertz CT molecular complexity index is 1680. The van der Waals surface area contributed by atoms with Gasteiger partial charge in [-0.25, -0.2) is 4.79 Å². The third kappa shape index (κ3) is 5.05. The number of aliphatic hydroxyl groups is 1. The number of hydrogen-bond donors (Lipinski definition) is 1. The molecule has 220 valence electrons. The first-order chi connectivity index (χ1) is 19.7. The zero-order chi connectivity index (χ0) is 30.6. The Kier molecular flexibility index (Phi) is 7.62. The largest absolute Gasteiger partial charge is 0.497 e. The Morgan fingerprint density at radius 1 is 1.02 bits per heavy atom. The van der Waals surface area contributed by atoms with Gasteiger partial charge in [0.15, 0.2) is 10.5 Å². The number of carbonyl (C=O) groups is 2. The second kappa shape index (κ2) is 10.7. The lowest BCUT2D eigenvalue weighted by Crippen LogP contribution is -2.53. The van der Waals surface area contributed by atoms with Crippen LogP contribution in [0.15, 0.2) is 77.8 Å². The zero-order valence-electron chi connectivity index (χ0n) is 23.0. The molecule has 0 spiro atoms. The van der Waals surface area contributed by atoms with Crippen molar-refractivity contribution in [2.75, 3.05) is 7.11 Å². The molecule has 0 amide bonds. The highest BCUT2D eigenvalue weighted by atomic mass is 35.5. The molecule has 42 heavy (non-hydrogen) atoms. The van der Waals surface area contributed by atoms with Gasteiger partial charge < -0.3 is 14.6 Å². The zero-order valence-corrected chi connectivity index (χ0v) is 24.6. The number of thioether (sulfide) groups is 1. The van der Waals surface area contributed by atoms with E-state index in [2.05, 4.69) is 0 Å². The summed E-state index contributed by atoms with van der Waals surface area (Å²) >= 11 is 6.70. The van der Waals surface area contributed by atoms with Gasteiger partial charge in [-0.05, 0) is 74.9 Å². The molecule has 0 saturated carbocycles. The normalized spacial score (nSPS) is 20.7. The summed E-state index contributed by atoms with van der Waals surface area (Å²) in [5, 5.41) is 11.8. The maximum atomic E-state index is 15.8. The molecule has 1 aliphatic rings. The average molecular weight is 618 g/mol. The lowest BCUT2D eigenvalue weighted by molar-refractivity contribution is -0.180. The van der Waals surface area contributed by atoms with E-state index in [4.69, 9.17) is 21.1 Å². The van der Waals surface area contributed by atoms with Crippen molar-refractivity contribution < 1.29 is 37.3 Å². The number of carbonyl (C=O) groups excluding carboxylic acids is 2. The van der Waals surface area contributed by atoms with E-state index in [1.165, 1.54) is 61.7 Å². The van der Waals surface area contributed by atoms with E-state index in [9.17, 15) is 14.7 Å². The second-order valence-corrected chi connectivity index (χ2v) is 12.7. The molecule has 1 aliphatic heterocycles. The van der Waals surface area contributed by atoms with Crippen LogP contribution in [0, 0.1) is 5.92 Å². The minimum atomic E-state index is -5.10. The maximum absolute atomic E-state index is 15.8. The van der Waals surface area contributed by atoms with Crippen molar-refractivity contribution in [3.8, 4) is 5.75 Å². The van der Waals surface area contributed by atoms with Crippen molar-refractivity contribution in [2.24, 2.45) is 5.92 Å². The molecule has 6 nitrogen and oxygen atoms in total. The third-order valence-corrected chi connectivity index (χ3v) is 8.95. The molecule has 5 rings (SSSR count). The summed E-state index contributed by atoms with van der Waals surface area (Å²) in [6, 6.07) is 16.0. The molecule has 0 unspecified atom stereocenters. The van der Waals surface area contributed by atoms with E-state index in [1.54, 1.807) is 32.9 Å². The van der Waals surface area contributed by atoms with Crippen LogP contribution in [0.1, 0.15) is 48.4 Å². The van der Waals surface area contributed by atoms with Crippen molar-refractivity contribution in [1.82, 2.24) is 4.57 Å². The average Bonchev–Trinajstić information content (AvgIpc) is 3.30. The summed E-state index contributed by atoms with van der Waals surface area (Å²) in [6.45, 7) is 4.91. The molecule has 2 heterocycles. The van der Waals surface area contributed by atoms with Gasteiger partial charge in [0.2, 0.25) is 0 Å². The first-order valence-electron chi connectivity index (χ1n) is 12.9. The molecule has 3 aromatic carbocycles. The van der Waals surface area contributed by atoms with Gasteiger partial charge in [-0.3, -0.25) is 9.36 Å². The van der Waals surface area contributed by atoms with E-state index in [-0.39, 0.29) is 31.9 Å².